The van der Waals surface area contributed by atoms with Gasteiger partial charge in [0.2, 0.25) is 0 Å². The molecule has 0 radical (unpaired) electrons. The number of amides is 2. The molecule has 0 aliphatic heterocycles. The molecule has 8 heteroatoms. The Kier molecular flexibility index (Phi) is 3.95. The summed E-state index contributed by atoms with van der Waals surface area (Å²) in [6.45, 7) is 3.40. The zero-order valence-corrected chi connectivity index (χ0v) is 14.4. The zero-order chi connectivity index (χ0) is 19.1. The predicted octanol–water partition coefficient (Wildman–Crippen LogP) is 4.92. The van der Waals surface area contributed by atoms with Gasteiger partial charge in [-0.1, -0.05) is 0 Å². The maximum absolute atomic E-state index is 14.2. The Hall–Kier alpha value is -3.55. The second-order valence-electron chi connectivity index (χ2n) is 6.09. The van der Waals surface area contributed by atoms with Gasteiger partial charge in [0.25, 0.3) is 0 Å². The van der Waals surface area contributed by atoms with E-state index in [2.05, 4.69) is 20.6 Å². The van der Waals surface area contributed by atoms with Crippen LogP contribution in [-0.4, -0.2) is 16.0 Å². The fraction of sp³-hybridized carbons (Fsp3) is 0.105. The number of nitrogens with zero attached hydrogens (tertiary/aromatic N) is 2. The lowest BCUT2D eigenvalue weighted by atomic mass is 10.1. The van der Waals surface area contributed by atoms with Crippen LogP contribution in [0.4, 0.5) is 25.0 Å². The Bertz CT molecular complexity index is 1200. The molecule has 0 aliphatic rings. The quantitative estimate of drug-likeness (QED) is 0.527. The third-order valence-corrected chi connectivity index (χ3v) is 3.95. The molecule has 0 aliphatic carbocycles. The van der Waals surface area contributed by atoms with Crippen molar-refractivity contribution in [2.75, 3.05) is 10.6 Å². The molecule has 0 atom stereocenters. The van der Waals surface area contributed by atoms with Crippen LogP contribution >= 0.6 is 0 Å². The van der Waals surface area contributed by atoms with E-state index in [4.69, 9.17) is 4.42 Å². The standard InChI is InChI=1S/C19H14F2N4O2/c1-9-5-15(18-13(21)6-11(20)7-16(18)22-9)25-19(26)24-12-3-4-14-17(8-12)27-10(2)23-14/h3-8H,1-2H3,(H2,22,24,25,26). The van der Waals surface area contributed by atoms with Crippen LogP contribution in [-0.2, 0) is 0 Å². The molecule has 2 aromatic carbocycles. The number of pyridine rings is 1. The SMILES string of the molecule is Cc1cc(NC(=O)Nc2ccc3nc(C)oc3c2)c2c(F)cc(F)cc2n1. The summed E-state index contributed by atoms with van der Waals surface area (Å²) in [6.07, 6.45) is 0. The first-order valence-electron chi connectivity index (χ1n) is 8.10. The van der Waals surface area contributed by atoms with Gasteiger partial charge < -0.3 is 15.1 Å². The van der Waals surface area contributed by atoms with Gasteiger partial charge in [0.05, 0.1) is 16.6 Å². The lowest BCUT2D eigenvalue weighted by Crippen LogP contribution is -2.20. The van der Waals surface area contributed by atoms with Crippen LogP contribution in [0.1, 0.15) is 11.6 Å². The van der Waals surface area contributed by atoms with E-state index >= 15 is 0 Å². The van der Waals surface area contributed by atoms with Gasteiger partial charge in [-0.3, -0.25) is 4.98 Å². The average molecular weight is 368 g/mol. The molecule has 0 saturated carbocycles. The van der Waals surface area contributed by atoms with Gasteiger partial charge in [-0.15, -0.1) is 0 Å². The van der Waals surface area contributed by atoms with Crippen LogP contribution in [0.2, 0.25) is 0 Å². The van der Waals surface area contributed by atoms with Crippen molar-refractivity contribution in [2.45, 2.75) is 13.8 Å². The Morgan fingerprint density at radius 2 is 1.81 bits per heavy atom. The normalized spacial score (nSPS) is 11.1. The van der Waals surface area contributed by atoms with Gasteiger partial charge >= 0.3 is 6.03 Å². The topological polar surface area (TPSA) is 80.0 Å². The van der Waals surface area contributed by atoms with E-state index in [-0.39, 0.29) is 16.6 Å². The fourth-order valence-corrected chi connectivity index (χ4v) is 2.92. The van der Waals surface area contributed by atoms with Crippen LogP contribution < -0.4 is 10.6 Å². The summed E-state index contributed by atoms with van der Waals surface area (Å²) in [6, 6.07) is 7.84. The highest BCUT2D eigenvalue weighted by molar-refractivity contribution is 6.06. The summed E-state index contributed by atoms with van der Waals surface area (Å²) in [7, 11) is 0. The third-order valence-electron chi connectivity index (χ3n) is 3.95. The van der Waals surface area contributed by atoms with Gasteiger partial charge in [0, 0.05) is 36.5 Å². The van der Waals surface area contributed by atoms with Crippen LogP contribution in [0.15, 0.2) is 40.8 Å². The second kappa shape index (κ2) is 6.31. The number of oxazole rings is 1. The highest BCUT2D eigenvalue weighted by atomic mass is 19.1. The molecule has 2 heterocycles. The van der Waals surface area contributed by atoms with Gasteiger partial charge in [-0.2, -0.15) is 0 Å². The second-order valence-corrected chi connectivity index (χ2v) is 6.09. The number of hydrogen-bond donors (Lipinski definition) is 2. The molecule has 0 fully saturated rings. The number of anilines is 2. The average Bonchev–Trinajstić information content (AvgIpc) is 2.92. The molecular formula is C19H14F2N4O2. The minimum atomic E-state index is -0.800. The minimum absolute atomic E-state index is 0.0402. The Balaban J connectivity index is 1.63. The van der Waals surface area contributed by atoms with Crippen molar-refractivity contribution in [3.8, 4) is 0 Å². The van der Waals surface area contributed by atoms with Crippen LogP contribution in [0, 0.1) is 25.5 Å². The molecular weight excluding hydrogens is 354 g/mol. The van der Waals surface area contributed by atoms with E-state index in [0.717, 1.165) is 12.1 Å². The first-order chi connectivity index (χ1) is 12.9. The van der Waals surface area contributed by atoms with Gasteiger partial charge in [-0.05, 0) is 25.1 Å². The summed E-state index contributed by atoms with van der Waals surface area (Å²) >= 11 is 0. The van der Waals surface area contributed by atoms with E-state index in [1.54, 1.807) is 32.0 Å². The number of carbonyl (C=O) groups excluding carboxylic acids is 1. The Morgan fingerprint density at radius 1 is 1.00 bits per heavy atom. The summed E-state index contributed by atoms with van der Waals surface area (Å²) in [5.74, 6) is -1.01. The summed E-state index contributed by atoms with van der Waals surface area (Å²) in [4.78, 5) is 20.7. The number of aromatic nitrogens is 2. The predicted molar refractivity (Wildman–Crippen MR) is 97.8 cm³/mol. The zero-order valence-electron chi connectivity index (χ0n) is 14.4. The molecule has 0 unspecified atom stereocenters. The molecule has 27 heavy (non-hydrogen) atoms. The molecule has 2 amide bonds. The molecule has 4 rings (SSSR count). The number of urea groups is 1. The first-order valence-corrected chi connectivity index (χ1v) is 8.10. The number of rotatable bonds is 2. The van der Waals surface area contributed by atoms with Crippen molar-refractivity contribution in [1.29, 1.82) is 0 Å². The molecule has 4 aromatic rings. The molecule has 6 nitrogen and oxygen atoms in total. The lowest BCUT2D eigenvalue weighted by Gasteiger charge is -2.11. The van der Waals surface area contributed by atoms with Crippen molar-refractivity contribution in [3.05, 3.63) is 59.6 Å². The first kappa shape index (κ1) is 16.9. The molecule has 136 valence electrons. The van der Waals surface area contributed by atoms with Crippen molar-refractivity contribution >= 4 is 39.4 Å². The van der Waals surface area contributed by atoms with Gasteiger partial charge in [-0.25, -0.2) is 18.6 Å². The number of aryl methyl sites for hydroxylation is 2. The maximum Gasteiger partial charge on any atom is 0.323 e. The molecule has 0 saturated heterocycles. The summed E-state index contributed by atoms with van der Waals surface area (Å²) < 4.78 is 33.1. The summed E-state index contributed by atoms with van der Waals surface area (Å²) in [5.41, 5.74) is 2.54. The monoisotopic (exact) mass is 368 g/mol. The minimum Gasteiger partial charge on any atom is -0.441 e. The fourth-order valence-electron chi connectivity index (χ4n) is 2.92. The van der Waals surface area contributed by atoms with Crippen LogP contribution in [0.25, 0.3) is 22.0 Å². The van der Waals surface area contributed by atoms with Crippen LogP contribution in [0.5, 0.6) is 0 Å². The van der Waals surface area contributed by atoms with Crippen molar-refractivity contribution in [2.24, 2.45) is 0 Å². The Morgan fingerprint density at radius 3 is 2.63 bits per heavy atom. The van der Waals surface area contributed by atoms with E-state index in [9.17, 15) is 13.6 Å². The highest BCUT2D eigenvalue weighted by Crippen LogP contribution is 2.27. The molecule has 0 bridgehead atoms. The van der Waals surface area contributed by atoms with Gasteiger partial charge in [0.1, 0.15) is 17.2 Å². The van der Waals surface area contributed by atoms with Crippen molar-refractivity contribution in [3.63, 3.8) is 0 Å². The molecule has 0 spiro atoms. The van der Waals surface area contributed by atoms with E-state index in [1.165, 1.54) is 6.07 Å². The molecule has 2 N–H and O–H groups in total. The number of hydrogen-bond acceptors (Lipinski definition) is 4. The highest BCUT2D eigenvalue weighted by Gasteiger charge is 2.14. The van der Waals surface area contributed by atoms with Crippen molar-refractivity contribution < 1.29 is 18.0 Å². The lowest BCUT2D eigenvalue weighted by molar-refractivity contribution is 0.262. The number of benzene rings is 2. The van der Waals surface area contributed by atoms with Crippen molar-refractivity contribution in [1.82, 2.24) is 9.97 Å². The van der Waals surface area contributed by atoms with Gasteiger partial charge in [0.15, 0.2) is 11.5 Å². The largest absolute Gasteiger partial charge is 0.441 e. The number of halogens is 2. The van der Waals surface area contributed by atoms with E-state index < -0.39 is 17.7 Å². The smallest absolute Gasteiger partial charge is 0.323 e. The summed E-state index contributed by atoms with van der Waals surface area (Å²) in [5, 5.41) is 5.28. The van der Waals surface area contributed by atoms with E-state index in [1.807, 2.05) is 0 Å². The number of carbonyl (C=O) groups is 1. The maximum atomic E-state index is 14.2. The number of nitrogens with one attached hydrogen (secondary N) is 2. The number of fused-ring (bicyclic) bond motifs is 2. The van der Waals surface area contributed by atoms with E-state index in [0.29, 0.717) is 28.4 Å². The third kappa shape index (κ3) is 3.29. The van der Waals surface area contributed by atoms with Crippen LogP contribution in [0.3, 0.4) is 0 Å². The Labute approximate surface area is 152 Å². The molecule has 2 aromatic heterocycles.